The van der Waals surface area contributed by atoms with Crippen molar-refractivity contribution in [2.45, 2.75) is 13.0 Å². The van der Waals surface area contributed by atoms with Crippen molar-refractivity contribution in [3.05, 3.63) is 45.7 Å². The zero-order valence-corrected chi connectivity index (χ0v) is 18.3. The number of ether oxygens (including phenoxy) is 3. The van der Waals surface area contributed by atoms with E-state index in [0.717, 1.165) is 0 Å². The first-order valence-corrected chi connectivity index (χ1v) is 10.4. The fraction of sp³-hybridized carbons (Fsp3) is 0.273. The SMILES string of the molecule is COc1cc2c(cc1O)C(=O)c1c-2n(CCCBr)c(=O)c2cc(OC)c(OC)cc12. The predicted octanol–water partition coefficient (Wildman–Crippen LogP) is 3.73. The maximum absolute atomic E-state index is 13.5. The highest BCUT2D eigenvalue weighted by atomic mass is 79.9. The first-order valence-electron chi connectivity index (χ1n) is 9.31. The fourth-order valence-electron chi connectivity index (χ4n) is 3.96. The van der Waals surface area contributed by atoms with Crippen molar-refractivity contribution in [2.24, 2.45) is 0 Å². The molecule has 4 rings (SSSR count). The standard InChI is InChI=1S/C22H20BrNO6/c1-28-16-9-12-13(7-15(16)25)21(26)19-11-8-17(29-2)18(30-3)10-14(11)22(27)24(20(12)19)6-4-5-23/h7-10,25H,4-6H2,1-3H3. The monoisotopic (exact) mass is 473 g/mol. The number of aromatic nitrogens is 1. The number of methoxy groups -OCH3 is 3. The molecule has 1 aliphatic rings. The van der Waals surface area contributed by atoms with Crippen LogP contribution in [0.2, 0.25) is 0 Å². The van der Waals surface area contributed by atoms with Crippen LogP contribution in [0.1, 0.15) is 22.3 Å². The van der Waals surface area contributed by atoms with E-state index in [4.69, 9.17) is 14.2 Å². The lowest BCUT2D eigenvalue weighted by Crippen LogP contribution is -2.23. The number of phenols is 1. The third-order valence-corrected chi connectivity index (χ3v) is 5.90. The minimum atomic E-state index is -0.261. The summed E-state index contributed by atoms with van der Waals surface area (Å²) < 4.78 is 17.6. The molecule has 0 saturated carbocycles. The zero-order valence-electron chi connectivity index (χ0n) is 16.7. The van der Waals surface area contributed by atoms with Crippen molar-refractivity contribution in [1.82, 2.24) is 4.57 Å². The van der Waals surface area contributed by atoms with Crippen LogP contribution in [0.5, 0.6) is 23.0 Å². The van der Waals surface area contributed by atoms with Gasteiger partial charge in [-0.1, -0.05) is 15.9 Å². The quantitative estimate of drug-likeness (QED) is 0.429. The zero-order chi connectivity index (χ0) is 21.6. The van der Waals surface area contributed by atoms with Crippen LogP contribution in [0.3, 0.4) is 0 Å². The maximum Gasteiger partial charge on any atom is 0.259 e. The van der Waals surface area contributed by atoms with Gasteiger partial charge in [0.15, 0.2) is 28.8 Å². The van der Waals surface area contributed by atoms with Crippen LogP contribution in [-0.4, -0.2) is 42.1 Å². The molecule has 0 bridgehead atoms. The molecule has 0 amide bonds. The molecule has 0 radical (unpaired) electrons. The van der Waals surface area contributed by atoms with Crippen molar-refractivity contribution in [1.29, 1.82) is 0 Å². The second-order valence-electron chi connectivity index (χ2n) is 6.87. The van der Waals surface area contributed by atoms with Crippen molar-refractivity contribution in [2.75, 3.05) is 26.7 Å². The third-order valence-electron chi connectivity index (χ3n) is 5.34. The summed E-state index contributed by atoms with van der Waals surface area (Å²) >= 11 is 3.41. The maximum atomic E-state index is 13.5. The van der Waals surface area contributed by atoms with E-state index in [2.05, 4.69) is 15.9 Å². The summed E-state index contributed by atoms with van der Waals surface area (Å²) in [6.45, 7) is 0.423. The molecule has 1 N–H and O–H groups in total. The Hall–Kier alpha value is -3.00. The van der Waals surface area contributed by atoms with Crippen LogP contribution < -0.4 is 19.8 Å². The van der Waals surface area contributed by atoms with E-state index >= 15 is 0 Å². The van der Waals surface area contributed by atoms with E-state index in [1.54, 1.807) is 22.8 Å². The van der Waals surface area contributed by atoms with Crippen molar-refractivity contribution in [3.63, 3.8) is 0 Å². The number of halogens is 1. The number of pyridine rings is 1. The minimum absolute atomic E-state index is 0.129. The van der Waals surface area contributed by atoms with Gasteiger partial charge < -0.3 is 23.9 Å². The molecule has 0 unspecified atom stereocenters. The second kappa shape index (κ2) is 7.68. The number of hydrogen-bond acceptors (Lipinski definition) is 6. The van der Waals surface area contributed by atoms with Crippen LogP contribution in [-0.2, 0) is 6.54 Å². The Bertz CT molecular complexity index is 1250. The van der Waals surface area contributed by atoms with Gasteiger partial charge in [-0.3, -0.25) is 9.59 Å². The first-order chi connectivity index (χ1) is 14.5. The van der Waals surface area contributed by atoms with Gasteiger partial charge in [0.2, 0.25) is 0 Å². The molecule has 1 heterocycles. The summed E-state index contributed by atoms with van der Waals surface area (Å²) in [4.78, 5) is 26.9. The molecule has 3 aromatic rings. The summed E-state index contributed by atoms with van der Waals surface area (Å²) in [6, 6.07) is 6.26. The van der Waals surface area contributed by atoms with Gasteiger partial charge in [0.1, 0.15) is 0 Å². The largest absolute Gasteiger partial charge is 0.504 e. The number of hydrogen-bond donors (Lipinski definition) is 1. The lowest BCUT2D eigenvalue weighted by molar-refractivity contribution is 0.104. The van der Waals surface area contributed by atoms with Gasteiger partial charge in [-0.15, -0.1) is 0 Å². The van der Waals surface area contributed by atoms with E-state index in [9.17, 15) is 14.7 Å². The molecular weight excluding hydrogens is 454 g/mol. The molecule has 1 aliphatic carbocycles. The predicted molar refractivity (Wildman–Crippen MR) is 117 cm³/mol. The van der Waals surface area contributed by atoms with E-state index in [1.165, 1.54) is 27.4 Å². The normalized spacial score (nSPS) is 12.1. The van der Waals surface area contributed by atoms with Crippen molar-refractivity contribution in [3.8, 4) is 34.3 Å². The van der Waals surface area contributed by atoms with Gasteiger partial charge in [0, 0.05) is 28.4 Å². The molecule has 0 spiro atoms. The van der Waals surface area contributed by atoms with Gasteiger partial charge in [-0.25, -0.2) is 0 Å². The Morgan fingerprint density at radius 1 is 0.900 bits per heavy atom. The number of benzene rings is 2. The average Bonchev–Trinajstić information content (AvgIpc) is 3.03. The highest BCUT2D eigenvalue weighted by Crippen LogP contribution is 2.45. The molecule has 2 aromatic carbocycles. The summed E-state index contributed by atoms with van der Waals surface area (Å²) in [7, 11) is 4.44. The Balaban J connectivity index is 2.16. The topological polar surface area (TPSA) is 87.0 Å². The van der Waals surface area contributed by atoms with E-state index in [0.29, 0.717) is 63.0 Å². The summed E-state index contributed by atoms with van der Waals surface area (Å²) in [5.41, 5.74) is 1.60. The minimum Gasteiger partial charge on any atom is -0.504 e. The number of alkyl halides is 1. The van der Waals surface area contributed by atoms with Crippen molar-refractivity contribution < 1.29 is 24.1 Å². The number of ketones is 1. The number of carbonyl (C=O) groups is 1. The molecule has 0 saturated heterocycles. The lowest BCUT2D eigenvalue weighted by atomic mass is 10.0. The number of carbonyl (C=O) groups excluding carboxylic acids is 1. The van der Waals surface area contributed by atoms with Crippen LogP contribution in [0, 0.1) is 0 Å². The number of rotatable bonds is 6. The fourth-order valence-corrected chi connectivity index (χ4v) is 4.21. The van der Waals surface area contributed by atoms with Crippen LogP contribution in [0.25, 0.3) is 22.0 Å². The number of fused-ring (bicyclic) bond motifs is 5. The Kier molecular flexibility index (Phi) is 5.19. The first kappa shape index (κ1) is 20.3. The second-order valence-corrected chi connectivity index (χ2v) is 7.67. The number of nitrogens with zero attached hydrogens (tertiary/aromatic N) is 1. The van der Waals surface area contributed by atoms with E-state index < -0.39 is 0 Å². The molecule has 1 aromatic heterocycles. The van der Waals surface area contributed by atoms with Gasteiger partial charge in [0.05, 0.1) is 38.0 Å². The molecular formula is C22H20BrNO6. The van der Waals surface area contributed by atoms with Crippen LogP contribution in [0.15, 0.2) is 29.1 Å². The van der Waals surface area contributed by atoms with Crippen LogP contribution >= 0.6 is 15.9 Å². The molecule has 8 heteroatoms. The average molecular weight is 474 g/mol. The Labute approximate surface area is 180 Å². The highest BCUT2D eigenvalue weighted by molar-refractivity contribution is 9.09. The third kappa shape index (κ3) is 2.86. The summed E-state index contributed by atoms with van der Waals surface area (Å²) in [6.07, 6.45) is 0.698. The van der Waals surface area contributed by atoms with Crippen molar-refractivity contribution >= 4 is 32.5 Å². The number of aromatic hydroxyl groups is 1. The molecule has 0 atom stereocenters. The van der Waals surface area contributed by atoms with Gasteiger partial charge in [-0.2, -0.15) is 0 Å². The van der Waals surface area contributed by atoms with Gasteiger partial charge >= 0.3 is 0 Å². The summed E-state index contributed by atoms with van der Waals surface area (Å²) in [5.74, 6) is 0.685. The Morgan fingerprint density at radius 2 is 1.53 bits per heavy atom. The molecule has 156 valence electrons. The van der Waals surface area contributed by atoms with E-state index in [-0.39, 0.29) is 22.8 Å². The molecule has 7 nitrogen and oxygen atoms in total. The summed E-state index contributed by atoms with van der Waals surface area (Å²) in [5, 5.41) is 11.8. The molecule has 30 heavy (non-hydrogen) atoms. The van der Waals surface area contributed by atoms with Crippen LogP contribution in [0.4, 0.5) is 0 Å². The van der Waals surface area contributed by atoms with Gasteiger partial charge in [0.25, 0.3) is 5.56 Å². The molecule has 0 aliphatic heterocycles. The Morgan fingerprint density at radius 3 is 2.13 bits per heavy atom. The van der Waals surface area contributed by atoms with E-state index in [1.807, 2.05) is 0 Å². The molecule has 0 fully saturated rings. The highest BCUT2D eigenvalue weighted by Gasteiger charge is 2.34. The lowest BCUT2D eigenvalue weighted by Gasteiger charge is -2.16. The smallest absolute Gasteiger partial charge is 0.259 e. The van der Waals surface area contributed by atoms with Gasteiger partial charge in [-0.05, 0) is 30.7 Å². The number of phenolic OH excluding ortho intramolecular Hbond substituents is 1.